The quantitative estimate of drug-likeness (QED) is 0.635. The van der Waals surface area contributed by atoms with Gasteiger partial charge in [-0.2, -0.15) is 0 Å². The minimum atomic E-state index is -3.48. The molecule has 0 aromatic heterocycles. The summed E-state index contributed by atoms with van der Waals surface area (Å²) in [6.07, 6.45) is 0.267. The zero-order valence-electron chi connectivity index (χ0n) is 9.09. The zero-order chi connectivity index (χ0) is 12.9. The molecule has 1 amide bonds. The lowest BCUT2D eigenvalue weighted by Crippen LogP contribution is -2.27. The summed E-state index contributed by atoms with van der Waals surface area (Å²) in [6.45, 7) is 0.232. The van der Waals surface area contributed by atoms with Gasteiger partial charge in [-0.05, 0) is 30.7 Å². The molecule has 0 saturated carbocycles. The maximum Gasteiger partial charge on any atom is 0.251 e. The second kappa shape index (κ2) is 5.65. The van der Waals surface area contributed by atoms with Gasteiger partial charge in [0.15, 0.2) is 0 Å². The normalized spacial score (nSPS) is 11.1. The number of carbonyl (C=O) groups excluding carboxylic acids is 1. The monoisotopic (exact) mass is 258 g/mol. The van der Waals surface area contributed by atoms with Crippen LogP contribution in [0, 0.1) is 0 Å². The van der Waals surface area contributed by atoms with Gasteiger partial charge in [0.1, 0.15) is 5.75 Å². The third-order valence-electron chi connectivity index (χ3n) is 2.02. The number of primary sulfonamides is 1. The summed E-state index contributed by atoms with van der Waals surface area (Å²) < 4.78 is 21.2. The number of hydrogen-bond acceptors (Lipinski definition) is 4. The molecule has 0 spiro atoms. The molecule has 0 atom stereocenters. The molecule has 7 heteroatoms. The highest BCUT2D eigenvalue weighted by molar-refractivity contribution is 7.89. The molecular weight excluding hydrogens is 244 g/mol. The first kappa shape index (κ1) is 13.5. The van der Waals surface area contributed by atoms with E-state index in [1.165, 1.54) is 24.3 Å². The highest BCUT2D eigenvalue weighted by Crippen LogP contribution is 2.09. The Balaban J connectivity index is 2.38. The first-order chi connectivity index (χ1) is 7.88. The van der Waals surface area contributed by atoms with Crippen molar-refractivity contribution in [1.82, 2.24) is 5.32 Å². The lowest BCUT2D eigenvalue weighted by Gasteiger charge is -2.04. The topological polar surface area (TPSA) is 109 Å². The smallest absolute Gasteiger partial charge is 0.251 e. The van der Waals surface area contributed by atoms with Crippen molar-refractivity contribution in [3.63, 3.8) is 0 Å². The van der Waals surface area contributed by atoms with Crippen LogP contribution in [0.3, 0.4) is 0 Å². The van der Waals surface area contributed by atoms with Crippen molar-refractivity contribution < 1.29 is 18.3 Å². The van der Waals surface area contributed by atoms with Gasteiger partial charge in [0.2, 0.25) is 10.0 Å². The molecular formula is C10H14N2O4S. The van der Waals surface area contributed by atoms with Gasteiger partial charge >= 0.3 is 0 Å². The van der Waals surface area contributed by atoms with Crippen molar-refractivity contribution in [2.75, 3.05) is 12.3 Å². The minimum Gasteiger partial charge on any atom is -0.508 e. The molecule has 0 fully saturated rings. The van der Waals surface area contributed by atoms with Crippen LogP contribution in [0.1, 0.15) is 16.8 Å². The van der Waals surface area contributed by atoms with Gasteiger partial charge in [-0.15, -0.1) is 0 Å². The molecule has 1 aromatic carbocycles. The predicted octanol–water partition coefficient (Wildman–Crippen LogP) is -0.199. The van der Waals surface area contributed by atoms with E-state index in [0.29, 0.717) is 5.56 Å². The van der Waals surface area contributed by atoms with E-state index < -0.39 is 10.0 Å². The molecule has 0 radical (unpaired) electrons. The minimum absolute atomic E-state index is 0.0794. The summed E-state index contributed by atoms with van der Waals surface area (Å²) in [6, 6.07) is 5.76. The van der Waals surface area contributed by atoms with Crippen LogP contribution in [0.15, 0.2) is 24.3 Å². The molecule has 0 saturated heterocycles. The van der Waals surface area contributed by atoms with E-state index in [-0.39, 0.29) is 30.4 Å². The summed E-state index contributed by atoms with van der Waals surface area (Å²) >= 11 is 0. The molecule has 6 nitrogen and oxygen atoms in total. The number of rotatable bonds is 5. The Morgan fingerprint density at radius 1 is 1.29 bits per heavy atom. The van der Waals surface area contributed by atoms with Crippen molar-refractivity contribution in [3.05, 3.63) is 29.8 Å². The molecule has 0 aliphatic carbocycles. The van der Waals surface area contributed by atoms with Gasteiger partial charge in [-0.25, -0.2) is 13.6 Å². The Labute approximate surface area is 99.5 Å². The standard InChI is InChI=1S/C10H14N2O4S/c11-17(15,16)7-1-6-12-10(14)8-2-4-9(13)5-3-8/h2-5,13H,1,6-7H2,(H,12,14)(H2,11,15,16). The number of phenolic OH excluding ortho intramolecular Hbond substituents is 1. The molecule has 94 valence electrons. The molecule has 1 aromatic rings. The third kappa shape index (κ3) is 5.32. The van der Waals surface area contributed by atoms with Crippen LogP contribution in [0.5, 0.6) is 5.75 Å². The second-order valence-corrected chi connectivity index (χ2v) is 5.26. The SMILES string of the molecule is NS(=O)(=O)CCCNC(=O)c1ccc(O)cc1. The van der Waals surface area contributed by atoms with Crippen LogP contribution in [0.25, 0.3) is 0 Å². The van der Waals surface area contributed by atoms with Crippen LogP contribution in [-0.2, 0) is 10.0 Å². The highest BCUT2D eigenvalue weighted by atomic mass is 32.2. The van der Waals surface area contributed by atoms with Gasteiger partial charge in [0, 0.05) is 12.1 Å². The van der Waals surface area contributed by atoms with E-state index >= 15 is 0 Å². The maximum atomic E-state index is 11.5. The number of amides is 1. The number of carbonyl (C=O) groups is 1. The van der Waals surface area contributed by atoms with Crippen molar-refractivity contribution in [2.45, 2.75) is 6.42 Å². The van der Waals surface area contributed by atoms with E-state index in [9.17, 15) is 13.2 Å². The summed E-state index contributed by atoms with van der Waals surface area (Å²) in [5.74, 6) is -0.404. The number of phenols is 1. The van der Waals surface area contributed by atoms with Crippen LogP contribution in [0.2, 0.25) is 0 Å². The molecule has 0 unspecified atom stereocenters. The molecule has 1 rings (SSSR count). The van der Waals surface area contributed by atoms with Crippen LogP contribution in [-0.4, -0.2) is 31.7 Å². The Kier molecular flexibility index (Phi) is 4.47. The number of benzene rings is 1. The Bertz CT molecular complexity index is 482. The molecule has 17 heavy (non-hydrogen) atoms. The molecule has 4 N–H and O–H groups in total. The third-order valence-corrected chi connectivity index (χ3v) is 2.88. The van der Waals surface area contributed by atoms with Crippen LogP contribution < -0.4 is 10.5 Å². The van der Waals surface area contributed by atoms with Crippen LogP contribution >= 0.6 is 0 Å². The highest BCUT2D eigenvalue weighted by Gasteiger charge is 2.06. The average Bonchev–Trinajstić information content (AvgIpc) is 2.24. The van der Waals surface area contributed by atoms with Gasteiger partial charge in [-0.3, -0.25) is 4.79 Å². The molecule has 0 heterocycles. The summed E-state index contributed by atoms with van der Waals surface area (Å²) in [4.78, 5) is 11.5. The summed E-state index contributed by atoms with van der Waals surface area (Å²) in [5.41, 5.74) is 0.401. The maximum absolute atomic E-state index is 11.5. The fraction of sp³-hybridized carbons (Fsp3) is 0.300. The van der Waals surface area contributed by atoms with E-state index in [2.05, 4.69) is 5.32 Å². The summed E-state index contributed by atoms with van der Waals surface area (Å²) in [7, 11) is -3.48. The molecule has 0 aliphatic rings. The van der Waals surface area contributed by atoms with Crippen molar-refractivity contribution in [2.24, 2.45) is 5.14 Å². The van der Waals surface area contributed by atoms with Crippen molar-refractivity contribution in [1.29, 1.82) is 0 Å². The number of nitrogens with one attached hydrogen (secondary N) is 1. The summed E-state index contributed by atoms with van der Waals surface area (Å²) in [5, 5.41) is 16.4. The van der Waals surface area contributed by atoms with Gasteiger partial charge in [0.25, 0.3) is 5.91 Å². The number of aromatic hydroxyl groups is 1. The van der Waals surface area contributed by atoms with Crippen molar-refractivity contribution in [3.8, 4) is 5.75 Å². The average molecular weight is 258 g/mol. The van der Waals surface area contributed by atoms with Gasteiger partial charge < -0.3 is 10.4 Å². The number of sulfonamides is 1. The lowest BCUT2D eigenvalue weighted by molar-refractivity contribution is 0.0953. The van der Waals surface area contributed by atoms with E-state index in [1.807, 2.05) is 0 Å². The van der Waals surface area contributed by atoms with E-state index in [1.54, 1.807) is 0 Å². The van der Waals surface area contributed by atoms with Gasteiger partial charge in [-0.1, -0.05) is 0 Å². The fourth-order valence-electron chi connectivity index (χ4n) is 1.19. The van der Waals surface area contributed by atoms with E-state index in [4.69, 9.17) is 10.2 Å². The largest absolute Gasteiger partial charge is 0.508 e. The van der Waals surface area contributed by atoms with Crippen LogP contribution in [0.4, 0.5) is 0 Å². The lowest BCUT2D eigenvalue weighted by atomic mass is 10.2. The number of nitrogens with two attached hydrogens (primary N) is 1. The molecule has 0 bridgehead atoms. The molecule has 0 aliphatic heterocycles. The Morgan fingerprint density at radius 3 is 2.41 bits per heavy atom. The fourth-order valence-corrected chi connectivity index (χ4v) is 1.74. The van der Waals surface area contributed by atoms with E-state index in [0.717, 1.165) is 0 Å². The second-order valence-electron chi connectivity index (χ2n) is 3.52. The van der Waals surface area contributed by atoms with Crippen molar-refractivity contribution >= 4 is 15.9 Å². The predicted molar refractivity (Wildman–Crippen MR) is 63.0 cm³/mol. The Hall–Kier alpha value is -1.60. The number of hydrogen-bond donors (Lipinski definition) is 3. The first-order valence-corrected chi connectivity index (χ1v) is 6.68. The van der Waals surface area contributed by atoms with Gasteiger partial charge in [0.05, 0.1) is 5.75 Å². The Morgan fingerprint density at radius 2 is 1.88 bits per heavy atom. The first-order valence-electron chi connectivity index (χ1n) is 4.96. The zero-order valence-corrected chi connectivity index (χ0v) is 9.90.